The lowest BCUT2D eigenvalue weighted by atomic mass is 10.3. The second-order valence-corrected chi connectivity index (χ2v) is 8.84. The van der Waals surface area contributed by atoms with E-state index in [0.29, 0.717) is 30.6 Å². The summed E-state index contributed by atoms with van der Waals surface area (Å²) >= 11 is 6.83. The first-order valence-corrected chi connectivity index (χ1v) is 9.61. The summed E-state index contributed by atoms with van der Waals surface area (Å²) < 4.78 is 37.3. The Morgan fingerprint density at radius 2 is 1.91 bits per heavy atom. The highest BCUT2D eigenvalue weighted by molar-refractivity contribution is 7.91. The quantitative estimate of drug-likeness (QED) is 0.787. The predicted octanol–water partition coefficient (Wildman–Crippen LogP) is 1.12. The van der Waals surface area contributed by atoms with Gasteiger partial charge in [0, 0.05) is 26.2 Å². The molecule has 126 valence electrons. The van der Waals surface area contributed by atoms with E-state index < -0.39 is 10.0 Å². The molecule has 0 saturated carbocycles. The molecule has 1 fully saturated rings. The van der Waals surface area contributed by atoms with E-state index in [-0.39, 0.29) is 29.0 Å². The van der Waals surface area contributed by atoms with Crippen molar-refractivity contribution in [2.75, 3.05) is 39.4 Å². The van der Waals surface area contributed by atoms with Crippen molar-refractivity contribution in [2.45, 2.75) is 4.21 Å². The zero-order valence-electron chi connectivity index (χ0n) is 12.1. The molecule has 0 spiro atoms. The molecule has 0 N–H and O–H groups in total. The van der Waals surface area contributed by atoms with Crippen LogP contribution < -0.4 is 0 Å². The second-order valence-electron chi connectivity index (χ2n) is 4.96. The van der Waals surface area contributed by atoms with Crippen LogP contribution >= 0.6 is 22.9 Å². The number of nitrogens with zero attached hydrogens (tertiary/aromatic N) is 2. The topological polar surface area (TPSA) is 76.2 Å². The third kappa shape index (κ3) is 3.47. The molecule has 1 amide bonds. The number of sulfonamides is 1. The van der Waals surface area contributed by atoms with E-state index in [1.54, 1.807) is 11.0 Å². The van der Waals surface area contributed by atoms with Crippen molar-refractivity contribution < 1.29 is 22.7 Å². The summed E-state index contributed by atoms with van der Waals surface area (Å²) in [5.74, 6) is -0.112. The molecule has 0 radical (unpaired) electrons. The molecular formula is C13H15ClN2O5S2. The fourth-order valence-corrected chi connectivity index (χ4v) is 5.39. The molecule has 2 aliphatic rings. The molecule has 2 aliphatic heterocycles. The monoisotopic (exact) mass is 378 g/mol. The second kappa shape index (κ2) is 6.68. The van der Waals surface area contributed by atoms with Gasteiger partial charge in [0.15, 0.2) is 0 Å². The molecule has 0 unspecified atom stereocenters. The molecule has 23 heavy (non-hydrogen) atoms. The smallest absolute Gasteiger partial charge is 0.292 e. The van der Waals surface area contributed by atoms with Crippen molar-refractivity contribution in [2.24, 2.45) is 0 Å². The SMILES string of the molecule is O=C(C1=COCCO1)N1CCN(S(=O)(=O)c2ccc(Cl)s2)CC1. The lowest BCUT2D eigenvalue weighted by Gasteiger charge is -2.34. The van der Waals surface area contributed by atoms with Crippen LogP contribution in [0, 0.1) is 0 Å². The molecule has 1 aromatic heterocycles. The van der Waals surface area contributed by atoms with Crippen molar-refractivity contribution in [1.82, 2.24) is 9.21 Å². The van der Waals surface area contributed by atoms with Crippen LogP contribution in [0.2, 0.25) is 4.34 Å². The maximum atomic E-state index is 12.5. The van der Waals surface area contributed by atoms with Gasteiger partial charge in [-0.15, -0.1) is 11.3 Å². The largest absolute Gasteiger partial charge is 0.494 e. The number of piperazine rings is 1. The lowest BCUT2D eigenvalue weighted by Crippen LogP contribution is -2.51. The Labute approximate surface area is 143 Å². The van der Waals surface area contributed by atoms with Crippen LogP contribution in [0.4, 0.5) is 0 Å². The van der Waals surface area contributed by atoms with Gasteiger partial charge in [0.05, 0.1) is 4.34 Å². The molecule has 1 saturated heterocycles. The van der Waals surface area contributed by atoms with Gasteiger partial charge in [0.2, 0.25) is 5.76 Å². The summed E-state index contributed by atoms with van der Waals surface area (Å²) in [5, 5.41) is 0. The molecule has 0 atom stereocenters. The normalized spacial score (nSPS) is 19.7. The molecule has 1 aromatic rings. The zero-order valence-corrected chi connectivity index (χ0v) is 14.5. The summed E-state index contributed by atoms with van der Waals surface area (Å²) in [6.07, 6.45) is 1.31. The Balaban J connectivity index is 1.64. The van der Waals surface area contributed by atoms with E-state index in [4.69, 9.17) is 21.1 Å². The van der Waals surface area contributed by atoms with Gasteiger partial charge in [0.1, 0.15) is 23.7 Å². The van der Waals surface area contributed by atoms with E-state index >= 15 is 0 Å². The maximum absolute atomic E-state index is 12.5. The fourth-order valence-electron chi connectivity index (χ4n) is 2.33. The Morgan fingerprint density at radius 1 is 1.17 bits per heavy atom. The van der Waals surface area contributed by atoms with Crippen LogP contribution in [0.5, 0.6) is 0 Å². The number of hydrogen-bond acceptors (Lipinski definition) is 6. The molecule has 0 bridgehead atoms. The molecular weight excluding hydrogens is 364 g/mol. The Kier molecular flexibility index (Phi) is 4.81. The van der Waals surface area contributed by atoms with Gasteiger partial charge in [-0.2, -0.15) is 4.31 Å². The molecule has 7 nitrogen and oxygen atoms in total. The number of amides is 1. The minimum absolute atomic E-state index is 0.164. The summed E-state index contributed by atoms with van der Waals surface area (Å²) in [6.45, 7) is 1.84. The standard InChI is InChI=1S/C13H15ClN2O5S2/c14-11-1-2-12(22-11)23(18,19)16-5-3-15(4-6-16)13(17)10-9-20-7-8-21-10/h1-2,9H,3-8H2. The minimum atomic E-state index is -3.56. The first kappa shape index (κ1) is 16.6. The molecule has 0 aromatic carbocycles. The van der Waals surface area contributed by atoms with Crippen molar-refractivity contribution in [3.05, 3.63) is 28.5 Å². The number of hydrogen-bond donors (Lipinski definition) is 0. The molecule has 3 rings (SSSR count). The van der Waals surface area contributed by atoms with E-state index in [9.17, 15) is 13.2 Å². The van der Waals surface area contributed by atoms with E-state index in [1.807, 2.05) is 0 Å². The van der Waals surface area contributed by atoms with Gasteiger partial charge < -0.3 is 14.4 Å². The first-order chi connectivity index (χ1) is 11.0. The van der Waals surface area contributed by atoms with Crippen molar-refractivity contribution in [3.8, 4) is 0 Å². The van der Waals surface area contributed by atoms with Gasteiger partial charge in [-0.25, -0.2) is 8.42 Å². The van der Waals surface area contributed by atoms with Crippen LogP contribution in [0.1, 0.15) is 0 Å². The number of ether oxygens (including phenoxy) is 2. The third-order valence-electron chi connectivity index (χ3n) is 3.53. The zero-order chi connectivity index (χ0) is 16.4. The van der Waals surface area contributed by atoms with Crippen molar-refractivity contribution in [1.29, 1.82) is 0 Å². The third-order valence-corrected chi connectivity index (χ3v) is 7.13. The molecule has 3 heterocycles. The van der Waals surface area contributed by atoms with E-state index in [1.165, 1.54) is 16.6 Å². The number of rotatable bonds is 3. The number of thiophene rings is 1. The number of halogens is 1. The Morgan fingerprint density at radius 3 is 2.48 bits per heavy atom. The first-order valence-electron chi connectivity index (χ1n) is 6.98. The fraction of sp³-hybridized carbons (Fsp3) is 0.462. The molecule has 0 aliphatic carbocycles. The van der Waals surface area contributed by atoms with Gasteiger partial charge in [-0.1, -0.05) is 11.6 Å². The summed E-state index contributed by atoms with van der Waals surface area (Å²) in [6, 6.07) is 3.06. The van der Waals surface area contributed by atoms with Gasteiger partial charge in [0.25, 0.3) is 15.9 Å². The van der Waals surface area contributed by atoms with Crippen LogP contribution in [-0.4, -0.2) is 62.9 Å². The highest BCUT2D eigenvalue weighted by atomic mass is 35.5. The average molecular weight is 379 g/mol. The summed E-state index contributed by atoms with van der Waals surface area (Å²) in [4.78, 5) is 13.8. The van der Waals surface area contributed by atoms with Gasteiger partial charge in [-0.05, 0) is 12.1 Å². The highest BCUT2D eigenvalue weighted by Gasteiger charge is 2.32. The van der Waals surface area contributed by atoms with Crippen LogP contribution in [0.15, 0.2) is 28.4 Å². The van der Waals surface area contributed by atoms with Crippen molar-refractivity contribution in [3.63, 3.8) is 0 Å². The van der Waals surface area contributed by atoms with Crippen LogP contribution in [0.3, 0.4) is 0 Å². The van der Waals surface area contributed by atoms with Gasteiger partial charge in [-0.3, -0.25) is 4.79 Å². The lowest BCUT2D eigenvalue weighted by molar-refractivity contribution is -0.133. The number of carbonyl (C=O) groups is 1. The Bertz CT molecular complexity index is 722. The number of carbonyl (C=O) groups excluding carboxylic acids is 1. The van der Waals surface area contributed by atoms with Gasteiger partial charge >= 0.3 is 0 Å². The maximum Gasteiger partial charge on any atom is 0.292 e. The Hall–Kier alpha value is -1.29. The highest BCUT2D eigenvalue weighted by Crippen LogP contribution is 2.28. The van der Waals surface area contributed by atoms with Crippen LogP contribution in [0.25, 0.3) is 0 Å². The molecule has 10 heteroatoms. The summed E-state index contributed by atoms with van der Waals surface area (Å²) in [7, 11) is -3.56. The van der Waals surface area contributed by atoms with E-state index in [2.05, 4.69) is 0 Å². The summed E-state index contributed by atoms with van der Waals surface area (Å²) in [5.41, 5.74) is 0. The van der Waals surface area contributed by atoms with E-state index in [0.717, 1.165) is 11.3 Å². The van der Waals surface area contributed by atoms with Crippen molar-refractivity contribution >= 4 is 38.9 Å². The minimum Gasteiger partial charge on any atom is -0.494 e. The average Bonchev–Trinajstić information content (AvgIpc) is 3.02. The predicted molar refractivity (Wildman–Crippen MR) is 84.7 cm³/mol. The van der Waals surface area contributed by atoms with Crippen LogP contribution in [-0.2, 0) is 24.3 Å².